The van der Waals surface area contributed by atoms with Crippen LogP contribution in [0.2, 0.25) is 0 Å². The van der Waals surface area contributed by atoms with Crippen molar-refractivity contribution in [2.75, 3.05) is 13.2 Å². The average molecular weight is 237 g/mol. The van der Waals surface area contributed by atoms with E-state index in [0.717, 1.165) is 0 Å². The first-order valence-corrected chi connectivity index (χ1v) is 5.82. The number of halogens is 3. The lowest BCUT2D eigenvalue weighted by molar-refractivity contribution is -0.198. The Bertz CT molecular complexity index is 256. The minimum atomic E-state index is -4.10. The third kappa shape index (κ3) is 2.07. The van der Waals surface area contributed by atoms with Gasteiger partial charge in [0.05, 0.1) is 12.0 Å². The molecule has 1 aliphatic heterocycles. The summed E-state index contributed by atoms with van der Waals surface area (Å²) < 4.78 is 43.6. The Morgan fingerprint density at radius 2 is 2.00 bits per heavy atom. The van der Waals surface area contributed by atoms with Gasteiger partial charge in [-0.05, 0) is 37.1 Å². The fourth-order valence-corrected chi connectivity index (χ4v) is 3.28. The van der Waals surface area contributed by atoms with Gasteiger partial charge in [-0.3, -0.25) is 0 Å². The van der Waals surface area contributed by atoms with Crippen molar-refractivity contribution in [1.29, 1.82) is 0 Å². The first kappa shape index (κ1) is 12.2. The van der Waals surface area contributed by atoms with Crippen LogP contribution in [0, 0.1) is 23.7 Å². The predicted octanol–water partition coefficient (Wildman–Crippen LogP) is 2.18. The Morgan fingerprint density at radius 3 is 2.56 bits per heavy atom. The minimum absolute atomic E-state index is 0.0390. The van der Waals surface area contributed by atoms with Gasteiger partial charge in [-0.25, -0.2) is 0 Å². The van der Waals surface area contributed by atoms with Gasteiger partial charge in [-0.15, -0.1) is 0 Å². The van der Waals surface area contributed by atoms with Crippen LogP contribution in [0.4, 0.5) is 13.2 Å². The first-order chi connectivity index (χ1) is 7.43. The molecular formula is C11H18F3NO. The summed E-state index contributed by atoms with van der Waals surface area (Å²) in [6.07, 6.45) is -4.04. The van der Waals surface area contributed by atoms with Gasteiger partial charge in [0.2, 0.25) is 0 Å². The summed E-state index contributed by atoms with van der Waals surface area (Å²) in [7, 11) is 0. The van der Waals surface area contributed by atoms with Crippen LogP contribution in [0.3, 0.4) is 0 Å². The zero-order valence-electron chi connectivity index (χ0n) is 9.33. The minimum Gasteiger partial charge on any atom is -0.378 e. The van der Waals surface area contributed by atoms with E-state index >= 15 is 0 Å². The van der Waals surface area contributed by atoms with E-state index in [9.17, 15) is 13.2 Å². The second kappa shape index (κ2) is 4.18. The molecule has 0 spiro atoms. The zero-order valence-corrected chi connectivity index (χ0v) is 9.33. The Hall–Kier alpha value is -0.290. The Balaban J connectivity index is 2.12. The topological polar surface area (TPSA) is 35.2 Å². The van der Waals surface area contributed by atoms with E-state index in [1.54, 1.807) is 0 Å². The summed E-state index contributed by atoms with van der Waals surface area (Å²) in [6.45, 7) is 2.96. The van der Waals surface area contributed by atoms with Gasteiger partial charge in [-0.2, -0.15) is 13.2 Å². The van der Waals surface area contributed by atoms with Crippen molar-refractivity contribution >= 4 is 0 Å². The van der Waals surface area contributed by atoms with Crippen LogP contribution in [0.25, 0.3) is 0 Å². The van der Waals surface area contributed by atoms with E-state index in [-0.39, 0.29) is 30.8 Å². The summed E-state index contributed by atoms with van der Waals surface area (Å²) in [5.41, 5.74) is 5.60. The molecule has 0 bridgehead atoms. The Kier molecular flexibility index (Phi) is 3.18. The molecule has 0 radical (unpaired) electrons. The van der Waals surface area contributed by atoms with Crippen molar-refractivity contribution in [1.82, 2.24) is 0 Å². The molecule has 2 rings (SSSR count). The number of alkyl halides is 3. The van der Waals surface area contributed by atoms with Crippen LogP contribution in [0.15, 0.2) is 0 Å². The molecule has 0 unspecified atom stereocenters. The fraction of sp³-hybridized carbons (Fsp3) is 1.00. The monoisotopic (exact) mass is 237 g/mol. The predicted molar refractivity (Wildman–Crippen MR) is 53.7 cm³/mol. The van der Waals surface area contributed by atoms with E-state index < -0.39 is 12.1 Å². The quantitative estimate of drug-likeness (QED) is 0.758. The van der Waals surface area contributed by atoms with Crippen molar-refractivity contribution < 1.29 is 17.9 Å². The Labute approximate surface area is 93.3 Å². The van der Waals surface area contributed by atoms with Crippen molar-refractivity contribution in [2.24, 2.45) is 29.4 Å². The summed E-state index contributed by atoms with van der Waals surface area (Å²) in [6, 6.07) is 0. The van der Waals surface area contributed by atoms with Crippen LogP contribution in [-0.2, 0) is 4.74 Å². The molecule has 2 aliphatic rings. The van der Waals surface area contributed by atoms with Crippen molar-refractivity contribution in [3.63, 3.8) is 0 Å². The molecule has 2 N–H and O–H groups in total. The summed E-state index contributed by atoms with van der Waals surface area (Å²) in [5.74, 6) is -0.702. The zero-order chi connectivity index (χ0) is 11.9. The fourth-order valence-electron chi connectivity index (χ4n) is 3.28. The SMILES string of the molecule is C[C@@H]1CO[C@@H]2C[C@H](C(F)(F)F)C[C@@H](CN)[C@H]12. The van der Waals surface area contributed by atoms with Crippen LogP contribution < -0.4 is 5.73 Å². The maximum Gasteiger partial charge on any atom is 0.391 e. The lowest BCUT2D eigenvalue weighted by atomic mass is 9.69. The molecule has 2 nitrogen and oxygen atoms in total. The van der Waals surface area contributed by atoms with Gasteiger partial charge in [0, 0.05) is 6.61 Å². The molecular weight excluding hydrogens is 219 g/mol. The highest BCUT2D eigenvalue weighted by Gasteiger charge is 2.51. The number of fused-ring (bicyclic) bond motifs is 1. The molecule has 5 heteroatoms. The highest BCUT2D eigenvalue weighted by Crippen LogP contribution is 2.48. The summed E-state index contributed by atoms with van der Waals surface area (Å²) in [4.78, 5) is 0. The summed E-state index contributed by atoms with van der Waals surface area (Å²) in [5, 5.41) is 0. The molecule has 94 valence electrons. The highest BCUT2D eigenvalue weighted by atomic mass is 19.4. The molecule has 0 aromatic rings. The van der Waals surface area contributed by atoms with Gasteiger partial charge >= 0.3 is 6.18 Å². The van der Waals surface area contributed by atoms with E-state index in [4.69, 9.17) is 10.5 Å². The number of ether oxygens (including phenoxy) is 1. The second-order valence-electron chi connectivity index (χ2n) is 5.13. The summed E-state index contributed by atoms with van der Waals surface area (Å²) >= 11 is 0. The van der Waals surface area contributed by atoms with Crippen LogP contribution >= 0.6 is 0 Å². The molecule has 0 aromatic heterocycles. The van der Waals surface area contributed by atoms with Crippen molar-refractivity contribution in [3.8, 4) is 0 Å². The maximum atomic E-state index is 12.7. The van der Waals surface area contributed by atoms with Gasteiger partial charge in [0.1, 0.15) is 0 Å². The maximum absolute atomic E-state index is 12.7. The molecule has 16 heavy (non-hydrogen) atoms. The van der Waals surface area contributed by atoms with E-state index in [1.807, 2.05) is 6.92 Å². The molecule has 1 aliphatic carbocycles. The molecule has 1 saturated heterocycles. The average Bonchev–Trinajstić information content (AvgIpc) is 2.58. The number of hydrogen-bond acceptors (Lipinski definition) is 2. The van der Waals surface area contributed by atoms with E-state index in [1.165, 1.54) is 0 Å². The van der Waals surface area contributed by atoms with Crippen molar-refractivity contribution in [3.05, 3.63) is 0 Å². The lowest BCUT2D eigenvalue weighted by Gasteiger charge is -2.39. The van der Waals surface area contributed by atoms with Gasteiger partial charge < -0.3 is 10.5 Å². The van der Waals surface area contributed by atoms with Gasteiger partial charge in [-0.1, -0.05) is 6.92 Å². The van der Waals surface area contributed by atoms with E-state index in [0.29, 0.717) is 19.1 Å². The molecule has 1 heterocycles. The normalized spacial score (nSPS) is 44.4. The lowest BCUT2D eigenvalue weighted by Crippen LogP contribution is -2.43. The molecule has 5 atom stereocenters. The van der Waals surface area contributed by atoms with Gasteiger partial charge in [0.25, 0.3) is 0 Å². The smallest absolute Gasteiger partial charge is 0.378 e. The van der Waals surface area contributed by atoms with Crippen LogP contribution in [0.5, 0.6) is 0 Å². The number of nitrogens with two attached hydrogens (primary N) is 1. The third-order valence-corrected chi connectivity index (χ3v) is 4.07. The standard InChI is InChI=1S/C11H18F3NO/c1-6-5-16-9-3-8(11(12,13)14)2-7(4-15)10(6)9/h6-10H,2-5,15H2,1H3/t6-,7+,8-,9-,10+/m1/s1. The van der Waals surface area contributed by atoms with Crippen LogP contribution in [-0.4, -0.2) is 25.4 Å². The number of hydrogen-bond donors (Lipinski definition) is 1. The molecule has 0 amide bonds. The molecule has 0 aromatic carbocycles. The first-order valence-electron chi connectivity index (χ1n) is 5.82. The molecule has 1 saturated carbocycles. The van der Waals surface area contributed by atoms with Gasteiger partial charge in [0.15, 0.2) is 0 Å². The highest BCUT2D eigenvalue weighted by molar-refractivity contribution is 4.95. The van der Waals surface area contributed by atoms with E-state index in [2.05, 4.69) is 0 Å². The third-order valence-electron chi connectivity index (χ3n) is 4.07. The largest absolute Gasteiger partial charge is 0.391 e. The Morgan fingerprint density at radius 1 is 1.31 bits per heavy atom. The van der Waals surface area contributed by atoms with Crippen molar-refractivity contribution in [2.45, 2.75) is 32.0 Å². The number of rotatable bonds is 1. The second-order valence-corrected chi connectivity index (χ2v) is 5.13. The van der Waals surface area contributed by atoms with Crippen LogP contribution in [0.1, 0.15) is 19.8 Å². The molecule has 2 fully saturated rings.